The summed E-state index contributed by atoms with van der Waals surface area (Å²) < 4.78 is 48.7. The summed E-state index contributed by atoms with van der Waals surface area (Å²) >= 11 is 0. The van der Waals surface area contributed by atoms with Crippen molar-refractivity contribution >= 4 is 11.2 Å². The number of rotatable bonds is 7. The molecule has 1 aromatic carbocycles. The van der Waals surface area contributed by atoms with Crippen LogP contribution in [0.3, 0.4) is 0 Å². The molecule has 0 aliphatic heterocycles. The Bertz CT molecular complexity index is 1800. The van der Waals surface area contributed by atoms with Crippen molar-refractivity contribution in [3.05, 3.63) is 76.2 Å². The quantitative estimate of drug-likeness (QED) is 0.295. The second-order valence-electron chi connectivity index (χ2n) is 10.3. The minimum atomic E-state index is -4.51. The third kappa shape index (κ3) is 4.33. The Kier molecular flexibility index (Phi) is 5.55. The van der Waals surface area contributed by atoms with Crippen molar-refractivity contribution in [2.45, 2.75) is 50.4 Å². The van der Waals surface area contributed by atoms with Gasteiger partial charge in [0.15, 0.2) is 17.2 Å². The predicted octanol–water partition coefficient (Wildman–Crippen LogP) is 5.33. The summed E-state index contributed by atoms with van der Waals surface area (Å²) in [5, 5.41) is 0. The molecule has 0 saturated heterocycles. The molecule has 4 heterocycles. The van der Waals surface area contributed by atoms with Crippen LogP contribution >= 0.6 is 0 Å². The molecule has 0 bridgehead atoms. The second kappa shape index (κ2) is 9.04. The summed E-state index contributed by atoms with van der Waals surface area (Å²) in [6, 6.07) is 9.05. The number of nitrogens with zero attached hydrogens (tertiary/aromatic N) is 6. The number of benzene rings is 1. The summed E-state index contributed by atoms with van der Waals surface area (Å²) in [7, 11) is 1.55. The molecule has 2 fully saturated rings. The fourth-order valence-corrected chi connectivity index (χ4v) is 5.10. The molecular formula is C28H24F3N7O2. The first-order valence-corrected chi connectivity index (χ1v) is 13.0. The number of fused-ring (bicyclic) bond motifs is 1. The highest BCUT2D eigenvalue weighted by atomic mass is 19.4. The molecule has 0 atom stereocenters. The summed E-state index contributed by atoms with van der Waals surface area (Å²) in [6.07, 6.45) is 3.69. The third-order valence-corrected chi connectivity index (χ3v) is 7.41. The normalized spacial score (nSPS) is 15.6. The van der Waals surface area contributed by atoms with Crippen LogP contribution < -0.4 is 10.4 Å². The van der Waals surface area contributed by atoms with E-state index in [1.807, 2.05) is 6.07 Å². The zero-order chi connectivity index (χ0) is 27.6. The van der Waals surface area contributed by atoms with Gasteiger partial charge >= 0.3 is 11.9 Å². The van der Waals surface area contributed by atoms with Gasteiger partial charge in [-0.3, -0.25) is 4.57 Å². The van der Waals surface area contributed by atoms with Crippen molar-refractivity contribution in [1.29, 1.82) is 0 Å². The molecule has 40 heavy (non-hydrogen) atoms. The van der Waals surface area contributed by atoms with Gasteiger partial charge < -0.3 is 14.3 Å². The fourth-order valence-electron chi connectivity index (χ4n) is 5.10. The highest BCUT2D eigenvalue weighted by molar-refractivity contribution is 5.75. The predicted molar refractivity (Wildman–Crippen MR) is 140 cm³/mol. The first-order valence-electron chi connectivity index (χ1n) is 13.0. The highest BCUT2D eigenvalue weighted by Crippen LogP contribution is 2.46. The lowest BCUT2D eigenvalue weighted by molar-refractivity contribution is -0.140. The molecule has 4 aromatic heterocycles. The van der Waals surface area contributed by atoms with Gasteiger partial charge in [0.25, 0.3) is 0 Å². The second-order valence-corrected chi connectivity index (χ2v) is 10.3. The number of pyridine rings is 1. The summed E-state index contributed by atoms with van der Waals surface area (Å²) in [6.45, 7) is 0.208. The molecule has 5 aromatic rings. The molecule has 2 saturated carbocycles. The zero-order valence-electron chi connectivity index (χ0n) is 21.4. The molecule has 204 valence electrons. The lowest BCUT2D eigenvalue weighted by Crippen LogP contribution is -2.17. The Morgan fingerprint density at radius 2 is 1.82 bits per heavy atom. The maximum absolute atomic E-state index is 13.3. The molecule has 2 aliphatic rings. The number of alkyl halides is 3. The number of imidazole rings is 2. The average molecular weight is 548 g/mol. The van der Waals surface area contributed by atoms with Crippen LogP contribution in [0.2, 0.25) is 0 Å². The Balaban J connectivity index is 1.23. The monoisotopic (exact) mass is 547 g/mol. The molecule has 0 spiro atoms. The Labute approximate surface area is 225 Å². The van der Waals surface area contributed by atoms with Gasteiger partial charge in [-0.2, -0.15) is 13.2 Å². The van der Waals surface area contributed by atoms with Crippen LogP contribution in [0.5, 0.6) is 5.88 Å². The summed E-state index contributed by atoms with van der Waals surface area (Å²) in [5.74, 6) is 1.55. The van der Waals surface area contributed by atoms with Gasteiger partial charge in [0.2, 0.25) is 5.88 Å². The number of hydrogen-bond acceptors (Lipinski definition) is 6. The molecule has 9 nitrogen and oxygen atoms in total. The minimum Gasteiger partial charge on any atom is -0.480 e. The van der Waals surface area contributed by atoms with Crippen molar-refractivity contribution in [3.63, 3.8) is 0 Å². The lowest BCUT2D eigenvalue weighted by atomic mass is 10.0. The van der Waals surface area contributed by atoms with E-state index in [0.29, 0.717) is 40.2 Å². The summed E-state index contributed by atoms with van der Waals surface area (Å²) in [4.78, 5) is 33.2. The number of nitrogens with one attached hydrogen (secondary N) is 1. The van der Waals surface area contributed by atoms with Gasteiger partial charge in [-0.25, -0.2) is 24.7 Å². The van der Waals surface area contributed by atoms with Gasteiger partial charge in [0.1, 0.15) is 11.3 Å². The Hall–Kier alpha value is -4.48. The first-order chi connectivity index (χ1) is 19.3. The highest BCUT2D eigenvalue weighted by Gasteiger charge is 2.37. The SMILES string of the molecule is COc1nccc(C2CC2)c1-c1ncc2[nH]c(=O)n(Cc3ccc(-c4nc(C(F)(F)F)cn4C4CC4)cc3)c2n1. The number of ether oxygens (including phenoxy) is 1. The van der Waals surface area contributed by atoms with E-state index in [1.165, 1.54) is 4.57 Å². The number of aromatic amines is 1. The lowest BCUT2D eigenvalue weighted by Gasteiger charge is -2.12. The van der Waals surface area contributed by atoms with Crippen LogP contribution in [-0.4, -0.2) is 41.2 Å². The molecular weight excluding hydrogens is 523 g/mol. The number of aromatic nitrogens is 7. The maximum Gasteiger partial charge on any atom is 0.434 e. The van der Waals surface area contributed by atoms with E-state index in [0.717, 1.165) is 48.6 Å². The molecule has 0 radical (unpaired) electrons. The van der Waals surface area contributed by atoms with Crippen molar-refractivity contribution in [2.75, 3.05) is 7.11 Å². The van der Waals surface area contributed by atoms with Crippen LogP contribution in [0.4, 0.5) is 13.2 Å². The van der Waals surface area contributed by atoms with Gasteiger partial charge in [-0.1, -0.05) is 24.3 Å². The van der Waals surface area contributed by atoms with E-state index in [1.54, 1.807) is 48.3 Å². The van der Waals surface area contributed by atoms with E-state index in [-0.39, 0.29) is 18.3 Å². The Morgan fingerprint density at radius 3 is 2.50 bits per heavy atom. The van der Waals surface area contributed by atoms with Gasteiger partial charge in [-0.15, -0.1) is 0 Å². The average Bonchev–Trinajstić information content (AvgIpc) is 3.89. The van der Waals surface area contributed by atoms with Crippen LogP contribution in [0.1, 0.15) is 54.5 Å². The zero-order valence-corrected chi connectivity index (χ0v) is 21.4. The van der Waals surface area contributed by atoms with E-state index in [9.17, 15) is 18.0 Å². The van der Waals surface area contributed by atoms with Crippen LogP contribution in [0.15, 0.2) is 53.7 Å². The van der Waals surface area contributed by atoms with Crippen molar-refractivity contribution in [2.24, 2.45) is 0 Å². The third-order valence-electron chi connectivity index (χ3n) is 7.41. The molecule has 0 unspecified atom stereocenters. The van der Waals surface area contributed by atoms with Crippen LogP contribution in [0, 0.1) is 0 Å². The standard InChI is InChI=1S/C28H24F3N7O2/c1-40-26-22(19(10-11-32-26)16-6-7-16)23-33-12-20-25(36-23)38(27(39)34-20)13-15-2-4-17(5-3-15)24-35-21(28(29,30)31)14-37(24)18-8-9-18/h2-5,10-12,14,16,18H,6-9,13H2,1H3,(H,34,39). The van der Waals surface area contributed by atoms with Gasteiger partial charge in [-0.05, 0) is 48.8 Å². The van der Waals surface area contributed by atoms with E-state index in [2.05, 4.69) is 19.9 Å². The topological polar surface area (TPSA) is 104 Å². The van der Waals surface area contributed by atoms with Crippen molar-refractivity contribution in [3.8, 4) is 28.7 Å². The number of methoxy groups -OCH3 is 1. The fraction of sp³-hybridized carbons (Fsp3) is 0.321. The first kappa shape index (κ1) is 24.6. The van der Waals surface area contributed by atoms with Crippen LogP contribution in [-0.2, 0) is 12.7 Å². The van der Waals surface area contributed by atoms with E-state index < -0.39 is 11.9 Å². The largest absolute Gasteiger partial charge is 0.480 e. The number of halogens is 3. The Morgan fingerprint density at radius 1 is 1.05 bits per heavy atom. The van der Waals surface area contributed by atoms with E-state index in [4.69, 9.17) is 9.72 Å². The molecule has 1 N–H and O–H groups in total. The molecule has 0 amide bonds. The smallest absolute Gasteiger partial charge is 0.434 e. The molecule has 12 heteroatoms. The van der Waals surface area contributed by atoms with Gasteiger partial charge in [0.05, 0.1) is 25.4 Å². The summed E-state index contributed by atoms with van der Waals surface area (Å²) in [5.41, 5.74) is 2.86. The number of H-pyrrole nitrogens is 1. The van der Waals surface area contributed by atoms with Crippen molar-refractivity contribution < 1.29 is 17.9 Å². The molecule has 7 rings (SSSR count). The van der Waals surface area contributed by atoms with Crippen molar-refractivity contribution in [1.82, 2.24) is 34.1 Å². The minimum absolute atomic E-state index is 0.0378. The van der Waals surface area contributed by atoms with Crippen LogP contribution in [0.25, 0.3) is 33.9 Å². The van der Waals surface area contributed by atoms with Gasteiger partial charge in [0, 0.05) is 24.0 Å². The maximum atomic E-state index is 13.3. The number of hydrogen-bond donors (Lipinski definition) is 1. The molecule has 2 aliphatic carbocycles. The van der Waals surface area contributed by atoms with E-state index >= 15 is 0 Å².